The molecule has 1 N–H and O–H groups in total. The van der Waals surface area contributed by atoms with Gasteiger partial charge in [0.25, 0.3) is 5.69 Å². The molecule has 1 fully saturated rings. The molecule has 0 aliphatic carbocycles. The number of β-amino-alcohol motifs (C(OH)–C–C–N with tert-alkyl or cyclic N) is 1. The summed E-state index contributed by atoms with van der Waals surface area (Å²) in [5.41, 5.74) is 0.779. The molecule has 0 spiro atoms. The van der Waals surface area contributed by atoms with Crippen molar-refractivity contribution in [3.8, 4) is 5.75 Å². The Labute approximate surface area is 184 Å². The maximum absolute atomic E-state index is 11.2. The van der Waals surface area contributed by atoms with Crippen molar-refractivity contribution in [3.63, 3.8) is 0 Å². The summed E-state index contributed by atoms with van der Waals surface area (Å²) in [6, 6.07) is 14.4. The van der Waals surface area contributed by atoms with Crippen molar-refractivity contribution in [1.29, 1.82) is 0 Å². The smallest absolute Gasteiger partial charge is 0.292 e. The van der Waals surface area contributed by atoms with Crippen LogP contribution in [0.2, 0.25) is 0 Å². The van der Waals surface area contributed by atoms with E-state index in [1.165, 1.54) is 6.07 Å². The van der Waals surface area contributed by atoms with Crippen LogP contribution in [0.4, 0.5) is 11.4 Å². The third kappa shape index (κ3) is 6.66. The SMILES string of the molecule is O=[N+]([O-])c1ccccc1N1CCN(CC(O)COCCOc2ccc(Br)cc2)CC1. The van der Waals surface area contributed by atoms with Crippen LogP contribution in [-0.4, -0.2) is 73.6 Å². The lowest BCUT2D eigenvalue weighted by Gasteiger charge is -2.36. The minimum atomic E-state index is -0.588. The van der Waals surface area contributed by atoms with Gasteiger partial charge in [-0.1, -0.05) is 28.1 Å². The van der Waals surface area contributed by atoms with Gasteiger partial charge in [0.2, 0.25) is 0 Å². The zero-order chi connectivity index (χ0) is 21.3. The number of nitro benzene ring substituents is 1. The average Bonchev–Trinajstić information content (AvgIpc) is 2.75. The molecule has 0 amide bonds. The molecule has 9 heteroatoms. The number of nitro groups is 1. The lowest BCUT2D eigenvalue weighted by atomic mass is 10.2. The van der Waals surface area contributed by atoms with Gasteiger partial charge in [-0.2, -0.15) is 0 Å². The van der Waals surface area contributed by atoms with Gasteiger partial charge in [-0.25, -0.2) is 0 Å². The standard InChI is InChI=1S/C21H26BrN3O5/c22-17-5-7-19(8-6-17)30-14-13-29-16-18(26)15-23-9-11-24(12-10-23)20-3-1-2-4-21(20)25(27)28/h1-8,18,26H,9-16H2. The van der Waals surface area contributed by atoms with E-state index in [1.807, 2.05) is 35.2 Å². The first-order valence-electron chi connectivity index (χ1n) is 9.88. The van der Waals surface area contributed by atoms with Crippen LogP contribution in [0.25, 0.3) is 0 Å². The molecular formula is C21H26BrN3O5. The van der Waals surface area contributed by atoms with E-state index in [-0.39, 0.29) is 17.2 Å². The zero-order valence-electron chi connectivity index (χ0n) is 16.7. The highest BCUT2D eigenvalue weighted by Gasteiger charge is 2.24. The van der Waals surface area contributed by atoms with Crippen molar-refractivity contribution in [2.45, 2.75) is 6.10 Å². The van der Waals surface area contributed by atoms with E-state index in [4.69, 9.17) is 9.47 Å². The molecule has 1 aliphatic heterocycles. The Balaban J connectivity index is 1.33. The molecular weight excluding hydrogens is 454 g/mol. The van der Waals surface area contributed by atoms with Crippen molar-refractivity contribution < 1.29 is 19.5 Å². The molecule has 3 rings (SSSR count). The van der Waals surface area contributed by atoms with Gasteiger partial charge in [0.15, 0.2) is 0 Å². The summed E-state index contributed by atoms with van der Waals surface area (Å²) in [6.07, 6.45) is -0.588. The molecule has 1 unspecified atom stereocenters. The summed E-state index contributed by atoms with van der Waals surface area (Å²) in [4.78, 5) is 15.1. The number of ether oxygens (including phenoxy) is 2. The fourth-order valence-corrected chi connectivity index (χ4v) is 3.64. The van der Waals surface area contributed by atoms with Gasteiger partial charge in [0.05, 0.1) is 24.2 Å². The van der Waals surface area contributed by atoms with E-state index in [2.05, 4.69) is 20.8 Å². The Kier molecular flexibility index (Phi) is 8.44. The van der Waals surface area contributed by atoms with E-state index in [1.54, 1.807) is 12.1 Å². The normalized spacial score (nSPS) is 15.7. The van der Waals surface area contributed by atoms with Crippen LogP contribution in [0.5, 0.6) is 5.75 Å². The second kappa shape index (κ2) is 11.3. The number of para-hydroxylation sites is 2. The minimum absolute atomic E-state index is 0.129. The number of benzene rings is 2. The molecule has 8 nitrogen and oxygen atoms in total. The van der Waals surface area contributed by atoms with Gasteiger partial charge in [-0.15, -0.1) is 0 Å². The third-order valence-electron chi connectivity index (χ3n) is 4.88. The molecule has 1 atom stereocenters. The number of anilines is 1. The van der Waals surface area contributed by atoms with E-state index < -0.39 is 6.10 Å². The molecule has 0 bridgehead atoms. The quantitative estimate of drug-likeness (QED) is 0.318. The molecule has 0 aromatic heterocycles. The first kappa shape index (κ1) is 22.5. The van der Waals surface area contributed by atoms with E-state index in [0.717, 1.165) is 23.3 Å². The van der Waals surface area contributed by atoms with Crippen LogP contribution in [0, 0.1) is 10.1 Å². The first-order valence-corrected chi connectivity index (χ1v) is 10.7. The summed E-state index contributed by atoms with van der Waals surface area (Å²) >= 11 is 3.38. The number of hydrogen-bond acceptors (Lipinski definition) is 7. The molecule has 1 heterocycles. The lowest BCUT2D eigenvalue weighted by molar-refractivity contribution is -0.384. The van der Waals surface area contributed by atoms with Crippen molar-refractivity contribution in [2.75, 3.05) is 57.4 Å². The summed E-state index contributed by atoms with van der Waals surface area (Å²) in [5.74, 6) is 0.777. The van der Waals surface area contributed by atoms with Crippen LogP contribution in [0.15, 0.2) is 53.0 Å². The highest BCUT2D eigenvalue weighted by atomic mass is 79.9. The zero-order valence-corrected chi connectivity index (χ0v) is 18.2. The molecule has 0 saturated carbocycles. The molecule has 162 valence electrons. The monoisotopic (exact) mass is 479 g/mol. The number of aliphatic hydroxyl groups excluding tert-OH is 1. The van der Waals surface area contributed by atoms with Crippen LogP contribution in [-0.2, 0) is 4.74 Å². The van der Waals surface area contributed by atoms with Crippen molar-refractivity contribution in [2.24, 2.45) is 0 Å². The predicted molar refractivity (Wildman–Crippen MR) is 118 cm³/mol. The fraction of sp³-hybridized carbons (Fsp3) is 0.429. The van der Waals surface area contributed by atoms with E-state index in [9.17, 15) is 15.2 Å². The topological polar surface area (TPSA) is 88.3 Å². The summed E-state index contributed by atoms with van der Waals surface area (Å²) in [6.45, 7) is 4.40. The lowest BCUT2D eigenvalue weighted by Crippen LogP contribution is -2.49. The van der Waals surface area contributed by atoms with Gasteiger partial charge < -0.3 is 19.5 Å². The average molecular weight is 480 g/mol. The molecule has 2 aromatic rings. The largest absolute Gasteiger partial charge is 0.491 e. The summed E-state index contributed by atoms with van der Waals surface area (Å²) in [5, 5.41) is 21.5. The number of nitrogens with zero attached hydrogens (tertiary/aromatic N) is 3. The molecule has 1 saturated heterocycles. The maximum atomic E-state index is 11.2. The second-order valence-corrected chi connectivity index (χ2v) is 7.98. The minimum Gasteiger partial charge on any atom is -0.491 e. The molecule has 30 heavy (non-hydrogen) atoms. The number of piperazine rings is 1. The fourth-order valence-electron chi connectivity index (χ4n) is 3.38. The van der Waals surface area contributed by atoms with E-state index >= 15 is 0 Å². The van der Waals surface area contributed by atoms with Gasteiger partial charge in [0.1, 0.15) is 18.0 Å². The Morgan fingerprint density at radius 3 is 2.47 bits per heavy atom. The van der Waals surface area contributed by atoms with Crippen molar-refractivity contribution >= 4 is 27.3 Å². The predicted octanol–water partition coefficient (Wildman–Crippen LogP) is 2.94. The third-order valence-corrected chi connectivity index (χ3v) is 5.41. The number of rotatable bonds is 10. The number of halogens is 1. The highest BCUT2D eigenvalue weighted by Crippen LogP contribution is 2.28. The second-order valence-electron chi connectivity index (χ2n) is 7.06. The van der Waals surface area contributed by atoms with E-state index in [0.29, 0.717) is 38.5 Å². The first-order chi connectivity index (χ1) is 14.5. The number of aliphatic hydroxyl groups is 1. The van der Waals surface area contributed by atoms with Crippen molar-refractivity contribution in [3.05, 3.63) is 63.1 Å². The Morgan fingerprint density at radius 1 is 1.07 bits per heavy atom. The van der Waals surface area contributed by atoms with Crippen LogP contribution in [0.3, 0.4) is 0 Å². The summed E-state index contributed by atoms with van der Waals surface area (Å²) in [7, 11) is 0. The Morgan fingerprint density at radius 2 is 1.77 bits per heavy atom. The highest BCUT2D eigenvalue weighted by molar-refractivity contribution is 9.10. The van der Waals surface area contributed by atoms with Crippen LogP contribution < -0.4 is 9.64 Å². The molecule has 1 aliphatic rings. The van der Waals surface area contributed by atoms with Gasteiger partial charge in [0, 0.05) is 43.3 Å². The Hall–Kier alpha value is -2.20. The van der Waals surface area contributed by atoms with Crippen LogP contribution >= 0.6 is 15.9 Å². The number of hydrogen-bond donors (Lipinski definition) is 1. The molecule has 0 radical (unpaired) electrons. The van der Waals surface area contributed by atoms with Gasteiger partial charge in [-0.05, 0) is 30.3 Å². The maximum Gasteiger partial charge on any atom is 0.292 e. The Bertz CT molecular complexity index is 813. The van der Waals surface area contributed by atoms with Gasteiger partial charge in [-0.3, -0.25) is 15.0 Å². The molecule has 2 aromatic carbocycles. The van der Waals surface area contributed by atoms with Crippen LogP contribution in [0.1, 0.15) is 0 Å². The van der Waals surface area contributed by atoms with Gasteiger partial charge >= 0.3 is 0 Å². The summed E-state index contributed by atoms with van der Waals surface area (Å²) < 4.78 is 12.1. The van der Waals surface area contributed by atoms with Crippen molar-refractivity contribution in [1.82, 2.24) is 4.90 Å².